The van der Waals surface area contributed by atoms with Crippen molar-refractivity contribution >= 4 is 5.91 Å². The quantitative estimate of drug-likeness (QED) is 0.627. The summed E-state index contributed by atoms with van der Waals surface area (Å²) in [4.78, 5) is 13.4. The predicted molar refractivity (Wildman–Crippen MR) is 60.2 cm³/mol. The number of hydrogen-bond acceptors (Lipinski definition) is 2. The molecular weight excluding hydrogens is 176 g/mol. The second-order valence-electron chi connectivity index (χ2n) is 3.29. The first-order valence-electron chi connectivity index (χ1n) is 5.29. The number of rotatable bonds is 7. The lowest BCUT2D eigenvalue weighted by Crippen LogP contribution is -2.34. The van der Waals surface area contributed by atoms with Gasteiger partial charge in [0.1, 0.15) is 0 Å². The van der Waals surface area contributed by atoms with Crippen LogP contribution in [0, 0.1) is 0 Å². The summed E-state index contributed by atoms with van der Waals surface area (Å²) in [5, 5.41) is 3.20. The Morgan fingerprint density at radius 2 is 2.07 bits per heavy atom. The minimum Gasteiger partial charge on any atom is -0.343 e. The maximum Gasteiger partial charge on any atom is 0.223 e. The average molecular weight is 198 g/mol. The van der Waals surface area contributed by atoms with Crippen molar-refractivity contribution < 1.29 is 4.79 Å². The molecule has 0 aromatic heterocycles. The molecule has 0 saturated heterocycles. The van der Waals surface area contributed by atoms with Gasteiger partial charge in [0.15, 0.2) is 0 Å². The van der Waals surface area contributed by atoms with Crippen LogP contribution in [0.2, 0.25) is 0 Å². The molecule has 0 aromatic carbocycles. The van der Waals surface area contributed by atoms with E-state index in [9.17, 15) is 4.79 Å². The van der Waals surface area contributed by atoms with E-state index in [2.05, 4.69) is 11.9 Å². The molecule has 0 spiro atoms. The zero-order chi connectivity index (χ0) is 11.0. The molecule has 0 aromatic rings. The highest BCUT2D eigenvalue weighted by Gasteiger charge is 2.08. The summed E-state index contributed by atoms with van der Waals surface area (Å²) in [5.74, 6) is 0.221. The highest BCUT2D eigenvalue weighted by molar-refractivity contribution is 5.76. The summed E-state index contributed by atoms with van der Waals surface area (Å²) in [6, 6.07) is 0.277. The lowest BCUT2D eigenvalue weighted by Gasteiger charge is -2.19. The third-order valence-corrected chi connectivity index (χ3v) is 2.27. The van der Waals surface area contributed by atoms with Crippen molar-refractivity contribution in [3.63, 3.8) is 0 Å². The molecular formula is C11H22N2O. The predicted octanol–water partition coefficient (Wildman–Crippen LogP) is 1.41. The van der Waals surface area contributed by atoms with Crippen LogP contribution in [0.5, 0.6) is 0 Å². The fourth-order valence-electron chi connectivity index (χ4n) is 1.22. The third kappa shape index (κ3) is 5.02. The number of hydrogen-bond donors (Lipinski definition) is 1. The molecule has 0 aliphatic heterocycles. The van der Waals surface area contributed by atoms with Gasteiger partial charge in [0.25, 0.3) is 0 Å². The Balaban J connectivity index is 3.67. The van der Waals surface area contributed by atoms with Gasteiger partial charge in [-0.1, -0.05) is 6.08 Å². The third-order valence-electron chi connectivity index (χ3n) is 2.27. The van der Waals surface area contributed by atoms with E-state index in [4.69, 9.17) is 0 Å². The molecule has 1 unspecified atom stereocenters. The van der Waals surface area contributed by atoms with Crippen LogP contribution in [0.1, 0.15) is 27.2 Å². The van der Waals surface area contributed by atoms with Crippen molar-refractivity contribution in [3.8, 4) is 0 Å². The SMILES string of the molecule is C=CC(C)NCCC(=O)N(CC)CC. The molecule has 0 radical (unpaired) electrons. The summed E-state index contributed by atoms with van der Waals surface area (Å²) in [6.45, 7) is 12.0. The van der Waals surface area contributed by atoms with E-state index in [1.54, 1.807) is 0 Å². The normalized spacial score (nSPS) is 12.2. The fourth-order valence-corrected chi connectivity index (χ4v) is 1.22. The van der Waals surface area contributed by atoms with E-state index in [0.29, 0.717) is 6.42 Å². The van der Waals surface area contributed by atoms with Crippen molar-refractivity contribution in [1.29, 1.82) is 0 Å². The van der Waals surface area contributed by atoms with Crippen LogP contribution in [0.3, 0.4) is 0 Å². The number of nitrogens with one attached hydrogen (secondary N) is 1. The van der Waals surface area contributed by atoms with Gasteiger partial charge in [-0.15, -0.1) is 6.58 Å². The maximum absolute atomic E-state index is 11.5. The van der Waals surface area contributed by atoms with Crippen molar-refractivity contribution in [2.45, 2.75) is 33.2 Å². The molecule has 1 amide bonds. The molecule has 14 heavy (non-hydrogen) atoms. The van der Waals surface area contributed by atoms with E-state index < -0.39 is 0 Å². The number of nitrogens with zero attached hydrogens (tertiary/aromatic N) is 1. The smallest absolute Gasteiger partial charge is 0.223 e. The van der Waals surface area contributed by atoms with Gasteiger partial charge in [0, 0.05) is 32.1 Å². The number of carbonyl (C=O) groups excluding carboxylic acids is 1. The Labute approximate surface area is 87.2 Å². The highest BCUT2D eigenvalue weighted by atomic mass is 16.2. The van der Waals surface area contributed by atoms with Gasteiger partial charge in [-0.2, -0.15) is 0 Å². The summed E-state index contributed by atoms with van der Waals surface area (Å²) in [5.41, 5.74) is 0. The van der Waals surface area contributed by atoms with Gasteiger partial charge in [-0.25, -0.2) is 0 Å². The monoisotopic (exact) mass is 198 g/mol. The van der Waals surface area contributed by atoms with Gasteiger partial charge < -0.3 is 10.2 Å². The van der Waals surface area contributed by atoms with Crippen LogP contribution in [0.25, 0.3) is 0 Å². The average Bonchev–Trinajstić information content (AvgIpc) is 2.19. The first-order valence-corrected chi connectivity index (χ1v) is 5.29. The summed E-state index contributed by atoms with van der Waals surface area (Å²) in [6.07, 6.45) is 2.40. The second kappa shape index (κ2) is 7.56. The minimum absolute atomic E-state index is 0.221. The van der Waals surface area contributed by atoms with Crippen LogP contribution in [0.4, 0.5) is 0 Å². The molecule has 0 fully saturated rings. The first-order chi connectivity index (χ1) is 6.65. The molecule has 1 atom stereocenters. The van der Waals surface area contributed by atoms with Gasteiger partial charge >= 0.3 is 0 Å². The topological polar surface area (TPSA) is 32.3 Å². The zero-order valence-corrected chi connectivity index (χ0v) is 9.55. The first kappa shape index (κ1) is 13.2. The van der Waals surface area contributed by atoms with Crippen LogP contribution in [0.15, 0.2) is 12.7 Å². The van der Waals surface area contributed by atoms with Crippen LogP contribution >= 0.6 is 0 Å². The molecule has 0 bridgehead atoms. The Morgan fingerprint density at radius 1 is 1.50 bits per heavy atom. The molecule has 0 aliphatic carbocycles. The molecule has 0 heterocycles. The largest absolute Gasteiger partial charge is 0.343 e. The molecule has 3 nitrogen and oxygen atoms in total. The second-order valence-corrected chi connectivity index (χ2v) is 3.29. The summed E-state index contributed by atoms with van der Waals surface area (Å²) in [7, 11) is 0. The molecule has 1 N–H and O–H groups in total. The van der Waals surface area contributed by atoms with Crippen LogP contribution in [-0.4, -0.2) is 36.5 Å². The number of carbonyl (C=O) groups is 1. The molecule has 0 saturated carbocycles. The highest BCUT2D eigenvalue weighted by Crippen LogP contribution is 1.93. The van der Waals surface area contributed by atoms with Gasteiger partial charge in [0.05, 0.1) is 0 Å². The van der Waals surface area contributed by atoms with E-state index in [1.165, 1.54) is 0 Å². The molecule has 3 heteroatoms. The lowest BCUT2D eigenvalue weighted by molar-refractivity contribution is -0.130. The minimum atomic E-state index is 0.221. The van der Waals surface area contributed by atoms with Crippen molar-refractivity contribution in [1.82, 2.24) is 10.2 Å². The van der Waals surface area contributed by atoms with E-state index in [0.717, 1.165) is 19.6 Å². The van der Waals surface area contributed by atoms with Gasteiger partial charge in [-0.05, 0) is 20.8 Å². The van der Waals surface area contributed by atoms with E-state index >= 15 is 0 Å². The molecule has 0 rings (SSSR count). The molecule has 0 aliphatic rings. The van der Waals surface area contributed by atoms with E-state index in [-0.39, 0.29) is 11.9 Å². The lowest BCUT2D eigenvalue weighted by atomic mass is 10.3. The van der Waals surface area contributed by atoms with Gasteiger partial charge in [-0.3, -0.25) is 4.79 Å². The summed E-state index contributed by atoms with van der Waals surface area (Å²) >= 11 is 0. The summed E-state index contributed by atoms with van der Waals surface area (Å²) < 4.78 is 0. The fraction of sp³-hybridized carbons (Fsp3) is 0.727. The zero-order valence-electron chi connectivity index (χ0n) is 9.55. The van der Waals surface area contributed by atoms with E-state index in [1.807, 2.05) is 31.7 Å². The Bertz CT molecular complexity index is 176. The number of amides is 1. The van der Waals surface area contributed by atoms with Crippen molar-refractivity contribution in [2.24, 2.45) is 0 Å². The van der Waals surface area contributed by atoms with Crippen LogP contribution in [-0.2, 0) is 4.79 Å². The van der Waals surface area contributed by atoms with Crippen LogP contribution < -0.4 is 5.32 Å². The Hall–Kier alpha value is -0.830. The van der Waals surface area contributed by atoms with Gasteiger partial charge in [0.2, 0.25) is 5.91 Å². The Morgan fingerprint density at radius 3 is 2.50 bits per heavy atom. The van der Waals surface area contributed by atoms with Crippen molar-refractivity contribution in [2.75, 3.05) is 19.6 Å². The standard InChI is InChI=1S/C11H22N2O/c1-5-10(4)12-9-8-11(14)13(6-2)7-3/h5,10,12H,1,6-9H2,2-4H3. The molecule has 82 valence electrons. The Kier molecular flexibility index (Phi) is 7.11. The maximum atomic E-state index is 11.5. The van der Waals surface area contributed by atoms with Crippen molar-refractivity contribution in [3.05, 3.63) is 12.7 Å².